The highest BCUT2D eigenvalue weighted by Crippen LogP contribution is 2.30. The zero-order valence-corrected chi connectivity index (χ0v) is 12.8. The van der Waals surface area contributed by atoms with Crippen LogP contribution in [0.25, 0.3) is 22.4 Å². The normalized spacial score (nSPS) is 11.2. The van der Waals surface area contributed by atoms with E-state index in [1.54, 1.807) is 0 Å². The molecule has 0 radical (unpaired) electrons. The van der Waals surface area contributed by atoms with Crippen molar-refractivity contribution in [2.75, 3.05) is 0 Å². The summed E-state index contributed by atoms with van der Waals surface area (Å²) in [4.78, 5) is 9.19. The lowest BCUT2D eigenvalue weighted by molar-refractivity contribution is 0.941. The second-order valence-electron chi connectivity index (χ2n) is 4.40. The molecule has 0 aliphatic rings. The number of fused-ring (bicyclic) bond motifs is 1. The molecular formula is C14H11BrClN3. The largest absolute Gasteiger partial charge is 0.334 e. The Morgan fingerprint density at radius 3 is 2.68 bits per heavy atom. The topological polar surface area (TPSA) is 30.7 Å². The standard InChI is InChI=1S/C14H11BrClN3/c1-8-12-10(15)7-19(2)14(12)18-13(17-8)9-5-3-4-6-11(9)16/h3-7H,1-2H3. The second kappa shape index (κ2) is 4.62. The van der Waals surface area contributed by atoms with E-state index in [4.69, 9.17) is 11.6 Å². The minimum absolute atomic E-state index is 0.657. The van der Waals surface area contributed by atoms with Gasteiger partial charge in [0.1, 0.15) is 5.65 Å². The Bertz CT molecular complexity index is 780. The number of halogens is 2. The summed E-state index contributed by atoms with van der Waals surface area (Å²) in [6.07, 6.45) is 1.99. The Morgan fingerprint density at radius 1 is 1.21 bits per heavy atom. The van der Waals surface area contributed by atoms with Crippen molar-refractivity contribution in [3.63, 3.8) is 0 Å². The molecule has 0 amide bonds. The number of rotatable bonds is 1. The second-order valence-corrected chi connectivity index (χ2v) is 5.66. The van der Waals surface area contributed by atoms with Crippen LogP contribution in [-0.4, -0.2) is 14.5 Å². The van der Waals surface area contributed by atoms with Crippen LogP contribution in [0.4, 0.5) is 0 Å². The number of aryl methyl sites for hydroxylation is 2. The lowest BCUT2D eigenvalue weighted by Crippen LogP contribution is -1.96. The summed E-state index contributed by atoms with van der Waals surface area (Å²) in [6.45, 7) is 1.98. The maximum Gasteiger partial charge on any atom is 0.163 e. The molecule has 0 atom stereocenters. The fourth-order valence-electron chi connectivity index (χ4n) is 2.15. The minimum Gasteiger partial charge on any atom is -0.334 e. The Morgan fingerprint density at radius 2 is 1.95 bits per heavy atom. The van der Waals surface area contributed by atoms with Crippen molar-refractivity contribution in [2.24, 2.45) is 7.05 Å². The molecule has 3 nitrogen and oxygen atoms in total. The Balaban J connectivity index is 2.33. The fourth-order valence-corrected chi connectivity index (χ4v) is 3.14. The summed E-state index contributed by atoms with van der Waals surface area (Å²) < 4.78 is 2.99. The maximum atomic E-state index is 6.21. The molecular weight excluding hydrogens is 326 g/mol. The predicted molar refractivity (Wildman–Crippen MR) is 81.4 cm³/mol. The van der Waals surface area contributed by atoms with Gasteiger partial charge in [-0.05, 0) is 35.0 Å². The lowest BCUT2D eigenvalue weighted by atomic mass is 10.2. The van der Waals surface area contributed by atoms with Gasteiger partial charge in [0.15, 0.2) is 5.82 Å². The van der Waals surface area contributed by atoms with Gasteiger partial charge in [-0.1, -0.05) is 23.7 Å². The molecule has 2 aromatic heterocycles. The third-order valence-corrected chi connectivity index (χ3v) is 4.00. The van der Waals surface area contributed by atoms with Gasteiger partial charge in [-0.15, -0.1) is 0 Å². The quantitative estimate of drug-likeness (QED) is 0.661. The van der Waals surface area contributed by atoms with E-state index in [0.717, 1.165) is 26.8 Å². The molecule has 0 aliphatic carbocycles. The molecule has 2 heterocycles. The third-order valence-electron chi connectivity index (χ3n) is 3.07. The molecule has 0 aliphatic heterocycles. The summed E-state index contributed by atoms with van der Waals surface area (Å²) in [6, 6.07) is 7.61. The smallest absolute Gasteiger partial charge is 0.163 e. The van der Waals surface area contributed by atoms with Crippen molar-refractivity contribution in [3.05, 3.63) is 45.7 Å². The summed E-state index contributed by atoms with van der Waals surface area (Å²) >= 11 is 9.75. The van der Waals surface area contributed by atoms with Crippen molar-refractivity contribution in [1.29, 1.82) is 0 Å². The van der Waals surface area contributed by atoms with Gasteiger partial charge in [-0.25, -0.2) is 9.97 Å². The van der Waals surface area contributed by atoms with Crippen LogP contribution >= 0.6 is 27.5 Å². The number of hydrogen-bond acceptors (Lipinski definition) is 2. The van der Waals surface area contributed by atoms with Gasteiger partial charge < -0.3 is 4.57 Å². The van der Waals surface area contributed by atoms with Crippen molar-refractivity contribution >= 4 is 38.6 Å². The molecule has 19 heavy (non-hydrogen) atoms. The van der Waals surface area contributed by atoms with E-state index < -0.39 is 0 Å². The van der Waals surface area contributed by atoms with Gasteiger partial charge in [0.05, 0.1) is 16.1 Å². The molecule has 0 spiro atoms. The number of nitrogens with zero attached hydrogens (tertiary/aromatic N) is 3. The molecule has 0 saturated heterocycles. The lowest BCUT2D eigenvalue weighted by Gasteiger charge is -2.06. The highest BCUT2D eigenvalue weighted by molar-refractivity contribution is 9.10. The first-order chi connectivity index (χ1) is 9.08. The van der Waals surface area contributed by atoms with Crippen LogP contribution in [0.5, 0.6) is 0 Å². The number of aromatic nitrogens is 3. The van der Waals surface area contributed by atoms with Gasteiger partial charge in [0, 0.05) is 23.3 Å². The first-order valence-electron chi connectivity index (χ1n) is 5.82. The van der Waals surface area contributed by atoms with E-state index in [2.05, 4.69) is 25.9 Å². The van der Waals surface area contributed by atoms with E-state index in [1.165, 1.54) is 0 Å². The van der Waals surface area contributed by atoms with Gasteiger partial charge in [-0.2, -0.15) is 0 Å². The van der Waals surface area contributed by atoms with Gasteiger partial charge in [0.25, 0.3) is 0 Å². The third kappa shape index (κ3) is 2.05. The molecule has 0 unspecified atom stereocenters. The molecule has 3 aromatic rings. The van der Waals surface area contributed by atoms with E-state index in [-0.39, 0.29) is 0 Å². The van der Waals surface area contributed by atoms with Gasteiger partial charge >= 0.3 is 0 Å². The first-order valence-corrected chi connectivity index (χ1v) is 6.99. The highest BCUT2D eigenvalue weighted by atomic mass is 79.9. The minimum atomic E-state index is 0.657. The van der Waals surface area contributed by atoms with Crippen LogP contribution in [0, 0.1) is 6.92 Å². The average molecular weight is 337 g/mol. The zero-order valence-electron chi connectivity index (χ0n) is 10.5. The molecule has 0 bridgehead atoms. The highest BCUT2D eigenvalue weighted by Gasteiger charge is 2.14. The van der Waals surface area contributed by atoms with Gasteiger partial charge in [0.2, 0.25) is 0 Å². The van der Waals surface area contributed by atoms with Crippen molar-refractivity contribution in [1.82, 2.24) is 14.5 Å². The van der Waals surface area contributed by atoms with Crippen LogP contribution in [-0.2, 0) is 7.05 Å². The van der Waals surface area contributed by atoms with Crippen LogP contribution in [0.2, 0.25) is 5.02 Å². The first kappa shape index (κ1) is 12.6. The SMILES string of the molecule is Cc1nc(-c2ccccc2Cl)nc2c1c(Br)cn2C. The Kier molecular flexibility index (Phi) is 3.07. The molecule has 5 heteroatoms. The van der Waals surface area contributed by atoms with Gasteiger partial charge in [-0.3, -0.25) is 0 Å². The predicted octanol–water partition coefficient (Wildman–Crippen LogP) is 4.36. The summed E-state index contributed by atoms with van der Waals surface area (Å²) in [5.41, 5.74) is 2.69. The number of hydrogen-bond donors (Lipinski definition) is 0. The van der Waals surface area contributed by atoms with E-state index in [9.17, 15) is 0 Å². The van der Waals surface area contributed by atoms with E-state index in [0.29, 0.717) is 10.8 Å². The zero-order chi connectivity index (χ0) is 13.6. The Hall–Kier alpha value is -1.39. The van der Waals surface area contributed by atoms with Crippen molar-refractivity contribution < 1.29 is 0 Å². The average Bonchev–Trinajstić information content (AvgIpc) is 2.65. The van der Waals surface area contributed by atoms with Crippen molar-refractivity contribution in [2.45, 2.75) is 6.92 Å². The van der Waals surface area contributed by atoms with E-state index in [1.807, 2.05) is 49.0 Å². The molecule has 96 valence electrons. The molecule has 0 fully saturated rings. The monoisotopic (exact) mass is 335 g/mol. The molecule has 0 saturated carbocycles. The van der Waals surface area contributed by atoms with Crippen LogP contribution in [0.3, 0.4) is 0 Å². The van der Waals surface area contributed by atoms with Crippen LogP contribution < -0.4 is 0 Å². The van der Waals surface area contributed by atoms with Crippen LogP contribution in [0.1, 0.15) is 5.69 Å². The molecule has 3 rings (SSSR count). The maximum absolute atomic E-state index is 6.21. The summed E-state index contributed by atoms with van der Waals surface area (Å²) in [7, 11) is 1.97. The molecule has 0 N–H and O–H groups in total. The summed E-state index contributed by atoms with van der Waals surface area (Å²) in [5, 5.41) is 1.70. The van der Waals surface area contributed by atoms with Crippen LogP contribution in [0.15, 0.2) is 34.9 Å². The van der Waals surface area contributed by atoms with E-state index >= 15 is 0 Å². The molecule has 1 aromatic carbocycles. The summed E-state index contributed by atoms with van der Waals surface area (Å²) in [5.74, 6) is 0.657. The fraction of sp³-hybridized carbons (Fsp3) is 0.143. The number of benzene rings is 1. The Labute approximate surface area is 124 Å². The van der Waals surface area contributed by atoms with Crippen molar-refractivity contribution in [3.8, 4) is 11.4 Å².